The van der Waals surface area contributed by atoms with Gasteiger partial charge in [-0.2, -0.15) is 0 Å². The Hall–Kier alpha value is -2.12. The molecule has 4 N–H and O–H groups in total. The zero-order chi connectivity index (χ0) is 16.9. The van der Waals surface area contributed by atoms with E-state index in [0.29, 0.717) is 0 Å². The normalized spacial score (nSPS) is 9.54. The number of carbonyl (C=O) groups excluding carboxylic acids is 3. The van der Waals surface area contributed by atoms with Gasteiger partial charge in [0.1, 0.15) is 6.61 Å². The van der Waals surface area contributed by atoms with Crippen molar-refractivity contribution in [3.8, 4) is 0 Å². The second kappa shape index (κ2) is 13.3. The van der Waals surface area contributed by atoms with Crippen LogP contribution < -0.4 is 16.4 Å². The Balaban J connectivity index is 0.00000529. The maximum atomic E-state index is 11.5. The number of rotatable bonds is 10. The molecule has 2 amide bonds. The van der Waals surface area contributed by atoms with Crippen LogP contribution in [-0.4, -0.2) is 37.4 Å². The highest BCUT2D eigenvalue weighted by Gasteiger charge is 2.06. The third kappa shape index (κ3) is 10.6. The van der Waals surface area contributed by atoms with E-state index in [1.54, 1.807) is 0 Å². The third-order valence-corrected chi connectivity index (χ3v) is 2.94. The van der Waals surface area contributed by atoms with Crippen molar-refractivity contribution < 1.29 is 19.1 Å². The number of carbonyl (C=O) groups is 3. The van der Waals surface area contributed by atoms with Crippen LogP contribution >= 0.6 is 12.4 Å². The highest BCUT2D eigenvalue weighted by molar-refractivity contribution is 5.85. The van der Waals surface area contributed by atoms with Crippen LogP contribution in [-0.2, 0) is 25.7 Å². The molecule has 134 valence electrons. The maximum Gasteiger partial charge on any atom is 0.307 e. The average Bonchev–Trinajstić information content (AvgIpc) is 2.54. The number of esters is 1. The number of amides is 2. The second-order valence-electron chi connectivity index (χ2n) is 4.88. The molecule has 0 heterocycles. The molecule has 0 spiro atoms. The molecular formula is C16H24ClN3O4. The van der Waals surface area contributed by atoms with E-state index in [-0.39, 0.29) is 75.7 Å². The van der Waals surface area contributed by atoms with Crippen LogP contribution in [0.3, 0.4) is 0 Å². The Morgan fingerprint density at radius 3 is 2.12 bits per heavy atom. The van der Waals surface area contributed by atoms with Crippen molar-refractivity contribution in [3.05, 3.63) is 35.9 Å². The standard InChI is InChI=1S/C16H23N3O4.ClH/c17-9-6-14(20)18-10-7-15(21)19-11-8-16(22)23-12-13-4-2-1-3-5-13;/h1-5H,6-12,17H2,(H,18,20)(H,19,21);1H. The van der Waals surface area contributed by atoms with Crippen molar-refractivity contribution in [2.24, 2.45) is 5.73 Å². The third-order valence-electron chi connectivity index (χ3n) is 2.94. The molecule has 0 saturated heterocycles. The molecular weight excluding hydrogens is 334 g/mol. The fraction of sp³-hybridized carbons (Fsp3) is 0.438. The molecule has 0 radical (unpaired) electrons. The summed E-state index contributed by atoms with van der Waals surface area (Å²) in [7, 11) is 0. The molecule has 0 fully saturated rings. The highest BCUT2D eigenvalue weighted by atomic mass is 35.5. The summed E-state index contributed by atoms with van der Waals surface area (Å²) in [6.45, 7) is 0.968. The van der Waals surface area contributed by atoms with Gasteiger partial charge in [0.15, 0.2) is 0 Å². The van der Waals surface area contributed by atoms with E-state index < -0.39 is 0 Å². The number of hydrogen-bond acceptors (Lipinski definition) is 5. The molecule has 7 nitrogen and oxygen atoms in total. The number of nitrogens with one attached hydrogen (secondary N) is 2. The Bertz CT molecular complexity index is 511. The summed E-state index contributed by atoms with van der Waals surface area (Å²) in [5.41, 5.74) is 6.15. The Kier molecular flexibility index (Phi) is 12.2. The second-order valence-corrected chi connectivity index (χ2v) is 4.88. The summed E-state index contributed by atoms with van der Waals surface area (Å²) in [5.74, 6) is -0.774. The SMILES string of the molecule is Cl.NCCC(=O)NCCC(=O)NCCC(=O)OCc1ccccc1. The minimum atomic E-state index is -0.370. The molecule has 1 aromatic rings. The first-order valence-corrected chi connectivity index (χ1v) is 7.55. The summed E-state index contributed by atoms with van der Waals surface area (Å²) in [5, 5.41) is 5.18. The van der Waals surface area contributed by atoms with Gasteiger partial charge in [-0.3, -0.25) is 14.4 Å². The van der Waals surface area contributed by atoms with Crippen LogP contribution in [0.25, 0.3) is 0 Å². The molecule has 1 aromatic carbocycles. The molecule has 0 aliphatic rings. The van der Waals surface area contributed by atoms with Gasteiger partial charge in [-0.15, -0.1) is 12.4 Å². The number of nitrogens with two attached hydrogens (primary N) is 1. The van der Waals surface area contributed by atoms with Crippen LogP contribution in [0.4, 0.5) is 0 Å². The van der Waals surface area contributed by atoms with Gasteiger partial charge in [0.05, 0.1) is 6.42 Å². The lowest BCUT2D eigenvalue weighted by atomic mass is 10.2. The molecule has 0 aromatic heterocycles. The van der Waals surface area contributed by atoms with Gasteiger partial charge in [0.25, 0.3) is 0 Å². The van der Waals surface area contributed by atoms with E-state index in [9.17, 15) is 14.4 Å². The molecule has 0 aliphatic heterocycles. The minimum absolute atomic E-state index is 0. The van der Waals surface area contributed by atoms with E-state index in [1.807, 2.05) is 30.3 Å². The molecule has 0 atom stereocenters. The van der Waals surface area contributed by atoms with Crippen molar-refractivity contribution in [2.75, 3.05) is 19.6 Å². The van der Waals surface area contributed by atoms with Crippen LogP contribution in [0, 0.1) is 0 Å². The summed E-state index contributed by atoms with van der Waals surface area (Å²) < 4.78 is 5.09. The highest BCUT2D eigenvalue weighted by Crippen LogP contribution is 2.01. The smallest absolute Gasteiger partial charge is 0.307 e. The van der Waals surface area contributed by atoms with Crippen molar-refractivity contribution in [3.63, 3.8) is 0 Å². The molecule has 0 aliphatic carbocycles. The lowest BCUT2D eigenvalue weighted by molar-refractivity contribution is -0.144. The maximum absolute atomic E-state index is 11.5. The van der Waals surface area contributed by atoms with Gasteiger partial charge >= 0.3 is 5.97 Å². The monoisotopic (exact) mass is 357 g/mol. The van der Waals surface area contributed by atoms with Crippen molar-refractivity contribution in [2.45, 2.75) is 25.9 Å². The van der Waals surface area contributed by atoms with Gasteiger partial charge in [-0.1, -0.05) is 30.3 Å². The summed E-state index contributed by atoms with van der Waals surface area (Å²) in [6.07, 6.45) is 0.516. The van der Waals surface area contributed by atoms with E-state index in [4.69, 9.17) is 10.5 Å². The first-order chi connectivity index (χ1) is 11.1. The average molecular weight is 358 g/mol. The lowest BCUT2D eigenvalue weighted by Crippen LogP contribution is -2.32. The van der Waals surface area contributed by atoms with Crippen LogP contribution in [0.15, 0.2) is 30.3 Å². The molecule has 24 heavy (non-hydrogen) atoms. The van der Waals surface area contributed by atoms with Crippen LogP contribution in [0.5, 0.6) is 0 Å². The minimum Gasteiger partial charge on any atom is -0.461 e. The predicted octanol–water partition coefficient (Wildman–Crippen LogP) is 0.513. The summed E-state index contributed by atoms with van der Waals surface area (Å²) >= 11 is 0. The first kappa shape index (κ1) is 21.9. The van der Waals surface area contributed by atoms with Gasteiger partial charge in [0, 0.05) is 32.5 Å². The summed E-state index contributed by atoms with van der Waals surface area (Å²) in [6, 6.07) is 9.37. The quantitative estimate of drug-likeness (QED) is 0.528. The first-order valence-electron chi connectivity index (χ1n) is 7.55. The number of ether oxygens (including phenoxy) is 1. The molecule has 0 saturated carbocycles. The van der Waals surface area contributed by atoms with Crippen LogP contribution in [0.1, 0.15) is 24.8 Å². The predicted molar refractivity (Wildman–Crippen MR) is 92.4 cm³/mol. The van der Waals surface area contributed by atoms with E-state index in [0.717, 1.165) is 5.56 Å². The van der Waals surface area contributed by atoms with Gasteiger partial charge in [-0.05, 0) is 5.56 Å². The van der Waals surface area contributed by atoms with E-state index in [1.165, 1.54) is 0 Å². The molecule has 0 unspecified atom stereocenters. The lowest BCUT2D eigenvalue weighted by Gasteiger charge is -2.07. The number of hydrogen-bond donors (Lipinski definition) is 3. The topological polar surface area (TPSA) is 111 Å². The largest absolute Gasteiger partial charge is 0.461 e. The molecule has 1 rings (SSSR count). The van der Waals surface area contributed by atoms with Crippen molar-refractivity contribution in [1.82, 2.24) is 10.6 Å². The zero-order valence-corrected chi connectivity index (χ0v) is 14.3. The van der Waals surface area contributed by atoms with Crippen molar-refractivity contribution >= 4 is 30.2 Å². The van der Waals surface area contributed by atoms with Gasteiger partial charge < -0.3 is 21.1 Å². The van der Waals surface area contributed by atoms with Crippen molar-refractivity contribution in [1.29, 1.82) is 0 Å². The van der Waals surface area contributed by atoms with Gasteiger partial charge in [0.2, 0.25) is 11.8 Å². The van der Waals surface area contributed by atoms with E-state index >= 15 is 0 Å². The zero-order valence-electron chi connectivity index (χ0n) is 13.5. The summed E-state index contributed by atoms with van der Waals surface area (Å²) in [4.78, 5) is 34.2. The number of benzene rings is 1. The Labute approximate surface area is 147 Å². The van der Waals surface area contributed by atoms with E-state index in [2.05, 4.69) is 10.6 Å². The van der Waals surface area contributed by atoms with Crippen LogP contribution in [0.2, 0.25) is 0 Å². The molecule has 0 bridgehead atoms. The Morgan fingerprint density at radius 2 is 1.50 bits per heavy atom. The Morgan fingerprint density at radius 1 is 0.917 bits per heavy atom. The fourth-order valence-corrected chi connectivity index (χ4v) is 1.74. The number of halogens is 1. The fourth-order valence-electron chi connectivity index (χ4n) is 1.74. The van der Waals surface area contributed by atoms with Gasteiger partial charge in [-0.25, -0.2) is 0 Å². The molecule has 8 heteroatoms.